The van der Waals surface area contributed by atoms with Crippen molar-refractivity contribution < 1.29 is 9.18 Å². The lowest BCUT2D eigenvalue weighted by atomic mass is 10.1. The largest absolute Gasteiger partial charge is 0.337 e. The second kappa shape index (κ2) is 8.00. The van der Waals surface area contributed by atoms with Crippen LogP contribution < -0.4 is 0 Å². The monoisotopic (exact) mass is 280 g/mol. The quantitative estimate of drug-likeness (QED) is 0.789. The van der Waals surface area contributed by atoms with Crippen molar-refractivity contribution in [1.82, 2.24) is 9.80 Å². The lowest BCUT2D eigenvalue weighted by Gasteiger charge is -2.20. The van der Waals surface area contributed by atoms with Gasteiger partial charge in [-0.05, 0) is 44.6 Å². The molecule has 4 heteroatoms. The first-order valence-electron chi connectivity index (χ1n) is 7.32. The first-order chi connectivity index (χ1) is 9.58. The van der Waals surface area contributed by atoms with Gasteiger partial charge in [0.1, 0.15) is 5.82 Å². The summed E-state index contributed by atoms with van der Waals surface area (Å²) in [4.78, 5) is 16.2. The van der Waals surface area contributed by atoms with Crippen LogP contribution in [0.3, 0.4) is 0 Å². The third-order valence-corrected chi connectivity index (χ3v) is 3.36. The molecule has 1 saturated heterocycles. The fraction of sp³-hybridized carbons (Fsp3) is 0.562. The second-order valence-corrected chi connectivity index (χ2v) is 4.93. The molecule has 0 aromatic heterocycles. The van der Waals surface area contributed by atoms with Crippen molar-refractivity contribution in [2.75, 3.05) is 33.2 Å². The maximum Gasteiger partial charge on any atom is 0.256 e. The highest BCUT2D eigenvalue weighted by Crippen LogP contribution is 2.14. The highest BCUT2D eigenvalue weighted by molar-refractivity contribution is 5.94. The smallest absolute Gasteiger partial charge is 0.256 e. The van der Waals surface area contributed by atoms with Crippen molar-refractivity contribution in [3.63, 3.8) is 0 Å². The second-order valence-electron chi connectivity index (χ2n) is 4.93. The molecular formula is C16H25FN2O. The third kappa shape index (κ3) is 4.30. The molecule has 0 atom stereocenters. The maximum atomic E-state index is 13.8. The maximum absolute atomic E-state index is 13.8. The van der Waals surface area contributed by atoms with Gasteiger partial charge in [0.15, 0.2) is 0 Å². The molecule has 1 aromatic rings. The normalized spacial score (nSPS) is 16.1. The number of hydrogen-bond acceptors (Lipinski definition) is 2. The first-order valence-corrected chi connectivity index (χ1v) is 7.32. The van der Waals surface area contributed by atoms with Crippen LogP contribution in [0.1, 0.15) is 36.2 Å². The number of carbonyl (C=O) groups excluding carboxylic acids is 1. The zero-order valence-corrected chi connectivity index (χ0v) is 12.9. The predicted molar refractivity (Wildman–Crippen MR) is 80.5 cm³/mol. The molecule has 0 N–H and O–H groups in total. The molecule has 1 fully saturated rings. The van der Waals surface area contributed by atoms with Crippen molar-refractivity contribution in [2.45, 2.75) is 27.2 Å². The van der Waals surface area contributed by atoms with Crippen LogP contribution in [0.2, 0.25) is 0 Å². The van der Waals surface area contributed by atoms with Gasteiger partial charge in [0.25, 0.3) is 5.91 Å². The summed E-state index contributed by atoms with van der Waals surface area (Å²) < 4.78 is 13.8. The van der Waals surface area contributed by atoms with Crippen LogP contribution in [0.15, 0.2) is 18.2 Å². The van der Waals surface area contributed by atoms with Crippen molar-refractivity contribution in [2.24, 2.45) is 0 Å². The minimum absolute atomic E-state index is 0.185. The first kappa shape index (κ1) is 16.6. The van der Waals surface area contributed by atoms with E-state index in [0.717, 1.165) is 25.1 Å². The van der Waals surface area contributed by atoms with Gasteiger partial charge in [-0.2, -0.15) is 0 Å². The van der Waals surface area contributed by atoms with E-state index >= 15 is 0 Å². The fourth-order valence-electron chi connectivity index (χ4n) is 2.21. The van der Waals surface area contributed by atoms with Crippen LogP contribution >= 0.6 is 0 Å². The van der Waals surface area contributed by atoms with E-state index in [1.165, 1.54) is 6.07 Å². The van der Waals surface area contributed by atoms with Gasteiger partial charge in [-0.15, -0.1) is 0 Å². The molecule has 1 aliphatic rings. The van der Waals surface area contributed by atoms with Gasteiger partial charge in [-0.25, -0.2) is 4.39 Å². The molecule has 0 unspecified atom stereocenters. The summed E-state index contributed by atoms with van der Waals surface area (Å²) in [7, 11) is 2.04. The molecule has 0 spiro atoms. The van der Waals surface area contributed by atoms with Crippen molar-refractivity contribution in [3.8, 4) is 0 Å². The van der Waals surface area contributed by atoms with Gasteiger partial charge >= 0.3 is 0 Å². The SMILES string of the molecule is CC.Cc1ccc(C(=O)N2CCCN(C)CC2)c(F)c1. The Balaban J connectivity index is 0.000000956. The van der Waals surface area contributed by atoms with Crippen LogP contribution in [0.25, 0.3) is 0 Å². The Labute approximate surface area is 121 Å². The van der Waals surface area contributed by atoms with Crippen LogP contribution in [0.5, 0.6) is 0 Å². The number of rotatable bonds is 1. The van der Waals surface area contributed by atoms with Gasteiger partial charge in [0.2, 0.25) is 0 Å². The summed E-state index contributed by atoms with van der Waals surface area (Å²) in [5, 5.41) is 0. The number of likely N-dealkylation sites (N-methyl/N-ethyl adjacent to an activating group) is 1. The van der Waals surface area contributed by atoms with E-state index < -0.39 is 5.82 Å². The summed E-state index contributed by atoms with van der Waals surface area (Å²) in [5.41, 5.74) is 1.02. The van der Waals surface area contributed by atoms with Crippen molar-refractivity contribution in [3.05, 3.63) is 35.1 Å². The number of halogens is 1. The molecule has 0 saturated carbocycles. The molecule has 20 heavy (non-hydrogen) atoms. The Hall–Kier alpha value is -1.42. The highest BCUT2D eigenvalue weighted by Gasteiger charge is 2.21. The summed E-state index contributed by atoms with van der Waals surface area (Å²) in [6, 6.07) is 4.78. The van der Waals surface area contributed by atoms with E-state index in [-0.39, 0.29) is 11.5 Å². The Morgan fingerprint density at radius 1 is 1.15 bits per heavy atom. The number of nitrogens with zero attached hydrogens (tertiary/aromatic N) is 2. The standard InChI is InChI=1S/C14H19FN2O.C2H6/c1-11-4-5-12(13(15)10-11)14(18)17-7-3-6-16(2)8-9-17;1-2/h4-5,10H,3,6-9H2,1-2H3;1-2H3. The number of aryl methyl sites for hydroxylation is 1. The molecule has 0 bridgehead atoms. The summed E-state index contributed by atoms with van der Waals surface area (Å²) >= 11 is 0. The number of benzene rings is 1. The van der Waals surface area contributed by atoms with Crippen molar-refractivity contribution >= 4 is 5.91 Å². The lowest BCUT2D eigenvalue weighted by Crippen LogP contribution is -2.35. The molecule has 1 aromatic carbocycles. The number of amides is 1. The topological polar surface area (TPSA) is 23.6 Å². The summed E-state index contributed by atoms with van der Waals surface area (Å²) in [6.45, 7) is 9.02. The van der Waals surface area contributed by atoms with Crippen LogP contribution in [0, 0.1) is 12.7 Å². The lowest BCUT2D eigenvalue weighted by molar-refractivity contribution is 0.0758. The molecule has 1 aliphatic heterocycles. The van der Waals surface area contributed by atoms with E-state index in [1.54, 1.807) is 17.0 Å². The Kier molecular flexibility index (Phi) is 6.65. The number of carbonyl (C=O) groups is 1. The average molecular weight is 280 g/mol. The Morgan fingerprint density at radius 2 is 1.85 bits per heavy atom. The third-order valence-electron chi connectivity index (χ3n) is 3.36. The van der Waals surface area contributed by atoms with E-state index in [0.29, 0.717) is 13.1 Å². The van der Waals surface area contributed by atoms with E-state index in [2.05, 4.69) is 4.90 Å². The zero-order chi connectivity index (χ0) is 15.1. The highest BCUT2D eigenvalue weighted by atomic mass is 19.1. The van der Waals surface area contributed by atoms with Crippen molar-refractivity contribution in [1.29, 1.82) is 0 Å². The minimum Gasteiger partial charge on any atom is -0.337 e. The Bertz CT molecular complexity index is 448. The minimum atomic E-state index is -0.419. The van der Waals surface area contributed by atoms with Crippen LogP contribution in [-0.2, 0) is 0 Å². The number of hydrogen-bond donors (Lipinski definition) is 0. The van der Waals surface area contributed by atoms with E-state index in [1.807, 2.05) is 27.8 Å². The molecule has 0 radical (unpaired) electrons. The van der Waals surface area contributed by atoms with E-state index in [4.69, 9.17) is 0 Å². The molecule has 1 heterocycles. The van der Waals surface area contributed by atoms with Gasteiger partial charge in [-0.1, -0.05) is 19.9 Å². The average Bonchev–Trinajstić information content (AvgIpc) is 2.65. The van der Waals surface area contributed by atoms with Gasteiger partial charge in [0.05, 0.1) is 5.56 Å². The zero-order valence-electron chi connectivity index (χ0n) is 12.9. The van der Waals surface area contributed by atoms with Gasteiger partial charge < -0.3 is 9.80 Å². The molecular weight excluding hydrogens is 255 g/mol. The predicted octanol–water partition coefficient (Wildman–Crippen LogP) is 2.94. The molecule has 0 aliphatic carbocycles. The van der Waals surface area contributed by atoms with Crippen LogP contribution in [0.4, 0.5) is 4.39 Å². The Morgan fingerprint density at radius 3 is 2.50 bits per heavy atom. The molecule has 112 valence electrons. The van der Waals surface area contributed by atoms with Crippen LogP contribution in [-0.4, -0.2) is 48.9 Å². The fourth-order valence-corrected chi connectivity index (χ4v) is 2.21. The summed E-state index contributed by atoms with van der Waals surface area (Å²) in [6.07, 6.45) is 0.940. The van der Waals surface area contributed by atoms with Gasteiger partial charge in [-0.3, -0.25) is 4.79 Å². The molecule has 3 nitrogen and oxygen atoms in total. The molecule has 1 amide bonds. The van der Waals surface area contributed by atoms with Gasteiger partial charge in [0, 0.05) is 19.6 Å². The molecule has 2 rings (SSSR count). The summed E-state index contributed by atoms with van der Waals surface area (Å²) in [5.74, 6) is -0.611. The van der Waals surface area contributed by atoms with E-state index in [9.17, 15) is 9.18 Å².